The fourth-order valence-electron chi connectivity index (χ4n) is 4.52. The van der Waals surface area contributed by atoms with Gasteiger partial charge in [0.2, 0.25) is 15.9 Å². The van der Waals surface area contributed by atoms with Crippen molar-refractivity contribution in [3.63, 3.8) is 0 Å². The Morgan fingerprint density at radius 3 is 2.23 bits per heavy atom. The molecule has 2 fully saturated rings. The van der Waals surface area contributed by atoms with Gasteiger partial charge >= 0.3 is 0 Å². The molecule has 0 radical (unpaired) electrons. The molecule has 0 aromatic heterocycles. The van der Waals surface area contributed by atoms with Crippen LogP contribution in [0.2, 0.25) is 0 Å². The zero-order valence-electron chi connectivity index (χ0n) is 16.9. The van der Waals surface area contributed by atoms with Crippen LogP contribution in [0.5, 0.6) is 0 Å². The highest BCUT2D eigenvalue weighted by Gasteiger charge is 2.41. The predicted octanol–water partition coefficient (Wildman–Crippen LogP) is 3.98. The Kier molecular flexibility index (Phi) is 6.20. The number of piperidine rings is 2. The summed E-state index contributed by atoms with van der Waals surface area (Å²) in [6.07, 6.45) is 4.29. The van der Waals surface area contributed by atoms with Gasteiger partial charge in [-0.3, -0.25) is 4.79 Å². The fourth-order valence-corrected chi connectivity index (χ4v) is 6.23. The SMILES string of the molecule is O=C(C1CCC(c2ccc(F)cc2)N(S(=O)(=O)c2ccccc2)C1)N1CCCCC1. The van der Waals surface area contributed by atoms with Crippen LogP contribution in [0.4, 0.5) is 4.39 Å². The lowest BCUT2D eigenvalue weighted by Crippen LogP contribution is -2.48. The third-order valence-corrected chi connectivity index (χ3v) is 8.05. The van der Waals surface area contributed by atoms with Crippen LogP contribution in [0.25, 0.3) is 0 Å². The number of benzene rings is 2. The van der Waals surface area contributed by atoms with Crippen LogP contribution in [-0.4, -0.2) is 43.2 Å². The molecule has 0 spiro atoms. The van der Waals surface area contributed by atoms with Gasteiger partial charge in [-0.15, -0.1) is 0 Å². The summed E-state index contributed by atoms with van der Waals surface area (Å²) in [5.41, 5.74) is 0.750. The van der Waals surface area contributed by atoms with E-state index < -0.39 is 16.1 Å². The van der Waals surface area contributed by atoms with Crippen molar-refractivity contribution < 1.29 is 17.6 Å². The van der Waals surface area contributed by atoms with Crippen molar-refractivity contribution in [2.75, 3.05) is 19.6 Å². The molecule has 0 bridgehead atoms. The topological polar surface area (TPSA) is 57.7 Å². The Morgan fingerprint density at radius 2 is 1.57 bits per heavy atom. The zero-order chi connectivity index (χ0) is 21.1. The molecule has 2 atom stereocenters. The quantitative estimate of drug-likeness (QED) is 0.737. The first-order chi connectivity index (χ1) is 14.5. The van der Waals surface area contributed by atoms with E-state index in [9.17, 15) is 17.6 Å². The van der Waals surface area contributed by atoms with E-state index >= 15 is 0 Å². The number of sulfonamides is 1. The number of hydrogen-bond donors (Lipinski definition) is 0. The van der Waals surface area contributed by atoms with E-state index in [-0.39, 0.29) is 29.1 Å². The number of halogens is 1. The molecule has 0 saturated carbocycles. The number of carbonyl (C=O) groups excluding carboxylic acids is 1. The van der Waals surface area contributed by atoms with Crippen LogP contribution in [0, 0.1) is 11.7 Å². The normalized spacial score (nSPS) is 23.3. The van der Waals surface area contributed by atoms with E-state index in [0.29, 0.717) is 12.8 Å². The molecule has 2 heterocycles. The molecule has 160 valence electrons. The van der Waals surface area contributed by atoms with Crippen molar-refractivity contribution in [1.82, 2.24) is 9.21 Å². The van der Waals surface area contributed by atoms with Crippen LogP contribution in [0.15, 0.2) is 59.5 Å². The third kappa shape index (κ3) is 4.27. The number of nitrogens with zero attached hydrogens (tertiary/aromatic N) is 2. The molecular formula is C23H27FN2O3S. The van der Waals surface area contributed by atoms with Gasteiger partial charge in [0.1, 0.15) is 5.82 Å². The van der Waals surface area contributed by atoms with Crippen LogP contribution in [-0.2, 0) is 14.8 Å². The first kappa shape index (κ1) is 21.0. The zero-order valence-corrected chi connectivity index (χ0v) is 17.7. The molecule has 2 unspecified atom stereocenters. The monoisotopic (exact) mass is 430 g/mol. The maximum Gasteiger partial charge on any atom is 0.243 e. The van der Waals surface area contributed by atoms with Crippen LogP contribution < -0.4 is 0 Å². The second kappa shape index (κ2) is 8.86. The number of likely N-dealkylation sites (tertiary alicyclic amines) is 1. The molecule has 2 saturated heterocycles. The van der Waals surface area contributed by atoms with Crippen LogP contribution >= 0.6 is 0 Å². The van der Waals surface area contributed by atoms with Gasteiger partial charge in [-0.25, -0.2) is 12.8 Å². The minimum Gasteiger partial charge on any atom is -0.342 e. The Hall–Kier alpha value is -2.25. The standard InChI is InChI=1S/C23H27FN2O3S/c24-20-12-9-18(10-13-20)22-14-11-19(23(27)25-15-5-2-6-16-25)17-26(22)30(28,29)21-7-3-1-4-8-21/h1,3-4,7-10,12-13,19,22H,2,5-6,11,14-17H2. The molecule has 7 heteroatoms. The largest absolute Gasteiger partial charge is 0.342 e. The summed E-state index contributed by atoms with van der Waals surface area (Å²) in [6, 6.07) is 13.9. The summed E-state index contributed by atoms with van der Waals surface area (Å²) in [5, 5.41) is 0. The second-order valence-corrected chi connectivity index (χ2v) is 10.0. The van der Waals surface area contributed by atoms with Gasteiger partial charge in [0.25, 0.3) is 0 Å². The van der Waals surface area contributed by atoms with Gasteiger partial charge in [-0.1, -0.05) is 30.3 Å². The minimum absolute atomic E-state index is 0.0560. The molecule has 2 aromatic carbocycles. The van der Waals surface area contributed by atoms with Gasteiger partial charge in [0.05, 0.1) is 16.9 Å². The molecule has 0 N–H and O–H groups in total. The van der Waals surface area contributed by atoms with E-state index in [0.717, 1.165) is 37.9 Å². The van der Waals surface area contributed by atoms with Gasteiger partial charge in [0.15, 0.2) is 0 Å². The fraction of sp³-hybridized carbons (Fsp3) is 0.435. The molecule has 0 aliphatic carbocycles. The summed E-state index contributed by atoms with van der Waals surface area (Å²) >= 11 is 0. The van der Waals surface area contributed by atoms with Gasteiger partial charge in [-0.2, -0.15) is 4.31 Å². The molecule has 1 amide bonds. The number of rotatable bonds is 4. The second-order valence-electron chi connectivity index (χ2n) is 8.12. The Bertz CT molecular complexity index is 973. The van der Waals surface area contributed by atoms with E-state index in [1.54, 1.807) is 42.5 Å². The van der Waals surface area contributed by atoms with Gasteiger partial charge in [-0.05, 0) is 61.9 Å². The lowest BCUT2D eigenvalue weighted by molar-refractivity contribution is -0.138. The molecule has 2 aromatic rings. The van der Waals surface area contributed by atoms with E-state index in [4.69, 9.17) is 0 Å². The highest BCUT2D eigenvalue weighted by molar-refractivity contribution is 7.89. The highest BCUT2D eigenvalue weighted by Crippen LogP contribution is 2.38. The molecular weight excluding hydrogens is 403 g/mol. The first-order valence-corrected chi connectivity index (χ1v) is 12.0. The molecule has 2 aliphatic rings. The predicted molar refractivity (Wildman–Crippen MR) is 113 cm³/mol. The summed E-state index contributed by atoms with van der Waals surface area (Å²) in [6.45, 7) is 1.65. The van der Waals surface area contributed by atoms with Gasteiger partial charge in [0, 0.05) is 19.6 Å². The van der Waals surface area contributed by atoms with Crippen LogP contribution in [0.1, 0.15) is 43.7 Å². The van der Waals surface area contributed by atoms with Crippen molar-refractivity contribution in [1.29, 1.82) is 0 Å². The summed E-state index contributed by atoms with van der Waals surface area (Å²) in [7, 11) is -3.80. The maximum absolute atomic E-state index is 13.5. The first-order valence-electron chi connectivity index (χ1n) is 10.6. The van der Waals surface area contributed by atoms with E-state index in [2.05, 4.69) is 0 Å². The average molecular weight is 431 g/mol. The van der Waals surface area contributed by atoms with E-state index in [1.807, 2.05) is 4.90 Å². The molecule has 2 aliphatic heterocycles. The maximum atomic E-state index is 13.5. The number of hydrogen-bond acceptors (Lipinski definition) is 3. The highest BCUT2D eigenvalue weighted by atomic mass is 32.2. The average Bonchev–Trinajstić information content (AvgIpc) is 2.80. The Labute approximate surface area is 177 Å². The lowest BCUT2D eigenvalue weighted by Gasteiger charge is -2.40. The minimum atomic E-state index is -3.80. The number of carbonyl (C=O) groups is 1. The van der Waals surface area contributed by atoms with Crippen molar-refractivity contribution in [3.8, 4) is 0 Å². The van der Waals surface area contributed by atoms with Crippen LogP contribution in [0.3, 0.4) is 0 Å². The lowest BCUT2D eigenvalue weighted by atomic mass is 9.89. The van der Waals surface area contributed by atoms with Crippen molar-refractivity contribution in [2.45, 2.75) is 43.0 Å². The van der Waals surface area contributed by atoms with Crippen molar-refractivity contribution in [2.24, 2.45) is 5.92 Å². The van der Waals surface area contributed by atoms with Crippen molar-refractivity contribution >= 4 is 15.9 Å². The van der Waals surface area contributed by atoms with Crippen molar-refractivity contribution in [3.05, 3.63) is 66.0 Å². The molecule has 30 heavy (non-hydrogen) atoms. The smallest absolute Gasteiger partial charge is 0.243 e. The summed E-state index contributed by atoms with van der Waals surface area (Å²) in [4.78, 5) is 15.2. The number of amides is 1. The molecule has 4 rings (SSSR count). The molecule has 5 nitrogen and oxygen atoms in total. The van der Waals surface area contributed by atoms with Gasteiger partial charge < -0.3 is 4.90 Å². The summed E-state index contributed by atoms with van der Waals surface area (Å²) < 4.78 is 41.9. The van der Waals surface area contributed by atoms with E-state index in [1.165, 1.54) is 16.4 Å². The third-order valence-electron chi connectivity index (χ3n) is 6.16. The Morgan fingerprint density at radius 1 is 0.900 bits per heavy atom. The summed E-state index contributed by atoms with van der Waals surface area (Å²) in [5.74, 6) is -0.649. The Balaban J connectivity index is 1.65.